The van der Waals surface area contributed by atoms with Gasteiger partial charge in [-0.2, -0.15) is 0 Å². The van der Waals surface area contributed by atoms with E-state index in [1.54, 1.807) is 6.07 Å². The van der Waals surface area contributed by atoms with Gasteiger partial charge in [0, 0.05) is 0 Å². The summed E-state index contributed by atoms with van der Waals surface area (Å²) in [5.41, 5.74) is 2.13. The Kier molecular flexibility index (Phi) is 5.92. The van der Waals surface area contributed by atoms with Gasteiger partial charge in [0.2, 0.25) is 12.3 Å². The lowest BCUT2D eigenvalue weighted by Crippen LogP contribution is -2.46. The fourth-order valence-electron chi connectivity index (χ4n) is 3.66. The predicted molar refractivity (Wildman–Crippen MR) is 98.4 cm³/mol. The minimum Gasteiger partial charge on any atom is -0.286 e. The number of fused-ring (bicyclic) bond motifs is 1. The molecule has 2 aromatic rings. The molecule has 1 aliphatic rings. The minimum absolute atomic E-state index is 0.00573. The van der Waals surface area contributed by atoms with Crippen LogP contribution in [0.25, 0.3) is 11.0 Å². The van der Waals surface area contributed by atoms with E-state index in [9.17, 15) is 14.8 Å². The normalized spacial score (nSPS) is 15.7. The van der Waals surface area contributed by atoms with Gasteiger partial charge in [-0.05, 0) is 30.9 Å². The lowest BCUT2D eigenvalue weighted by Gasteiger charge is -2.25. The zero-order valence-corrected chi connectivity index (χ0v) is 15.3. The first-order valence-electron chi connectivity index (χ1n) is 9.09. The summed E-state index contributed by atoms with van der Waals surface area (Å²) in [4.78, 5) is 28.1. The van der Waals surface area contributed by atoms with E-state index in [2.05, 4.69) is 15.2 Å². The van der Waals surface area contributed by atoms with Crippen molar-refractivity contribution in [3.8, 4) is 0 Å². The van der Waals surface area contributed by atoms with E-state index < -0.39 is 11.8 Å². The Morgan fingerprint density at radius 1 is 1.37 bits per heavy atom. The largest absolute Gasteiger partial charge is 0.286 e. The number of hydrogen-bond donors (Lipinski definition) is 2. The number of carbonyl (C=O) groups excluding carboxylic acids is 2. The van der Waals surface area contributed by atoms with Crippen LogP contribution < -0.4 is 10.9 Å². The summed E-state index contributed by atoms with van der Waals surface area (Å²) in [5.74, 6) is 5.29. The topological polar surface area (TPSA) is 126 Å². The molecule has 2 amide bonds. The molecule has 27 heavy (non-hydrogen) atoms. The third-order valence-corrected chi connectivity index (χ3v) is 5.10. The summed E-state index contributed by atoms with van der Waals surface area (Å²) >= 11 is 0. The van der Waals surface area contributed by atoms with Gasteiger partial charge in [-0.25, -0.2) is 20.9 Å². The summed E-state index contributed by atoms with van der Waals surface area (Å²) < 4.78 is 0. The Hall–Kier alpha value is -2.65. The number of para-hydroxylation sites is 1. The maximum absolute atomic E-state index is 12.9. The van der Waals surface area contributed by atoms with Crippen LogP contribution in [-0.4, -0.2) is 44.3 Å². The second-order valence-electron chi connectivity index (χ2n) is 7.07. The van der Waals surface area contributed by atoms with Crippen molar-refractivity contribution in [2.75, 3.05) is 11.6 Å². The molecule has 1 saturated carbocycles. The van der Waals surface area contributed by atoms with Crippen molar-refractivity contribution in [1.82, 2.24) is 20.2 Å². The van der Waals surface area contributed by atoms with Crippen molar-refractivity contribution in [1.29, 1.82) is 0 Å². The van der Waals surface area contributed by atoms with Crippen molar-refractivity contribution in [2.24, 2.45) is 17.7 Å². The number of rotatable bonds is 7. The highest BCUT2D eigenvalue weighted by Crippen LogP contribution is 2.31. The quantitative estimate of drug-likeness (QED) is 0.248. The summed E-state index contributed by atoms with van der Waals surface area (Å²) in [6.07, 6.45) is 5.17. The van der Waals surface area contributed by atoms with Gasteiger partial charge < -0.3 is 0 Å². The highest BCUT2D eigenvalue weighted by atomic mass is 16.5. The van der Waals surface area contributed by atoms with E-state index in [-0.39, 0.29) is 18.9 Å². The van der Waals surface area contributed by atoms with Crippen LogP contribution in [0.15, 0.2) is 18.2 Å². The molecule has 0 aliphatic heterocycles. The third kappa shape index (κ3) is 4.37. The number of nitrogens with two attached hydrogens (primary N) is 1. The molecule has 0 bridgehead atoms. The van der Waals surface area contributed by atoms with Crippen molar-refractivity contribution < 1.29 is 14.8 Å². The molecule has 3 rings (SSSR count). The van der Waals surface area contributed by atoms with Gasteiger partial charge in [0.15, 0.2) is 0 Å². The maximum Gasteiger partial charge on any atom is 0.267 e. The molecule has 9 nitrogen and oxygen atoms in total. The number of carbonyl (C=O) groups is 2. The van der Waals surface area contributed by atoms with Gasteiger partial charge in [0.05, 0.1) is 18.0 Å². The second-order valence-corrected chi connectivity index (χ2v) is 7.07. The molecule has 0 spiro atoms. The molecule has 1 aliphatic carbocycles. The number of hydrogen-bond acceptors (Lipinski definition) is 7. The molecule has 9 heteroatoms. The van der Waals surface area contributed by atoms with E-state index >= 15 is 0 Å². The van der Waals surface area contributed by atoms with Crippen LogP contribution in [0.4, 0.5) is 5.95 Å². The van der Waals surface area contributed by atoms with Gasteiger partial charge >= 0.3 is 0 Å². The van der Waals surface area contributed by atoms with Gasteiger partial charge in [0.25, 0.3) is 5.95 Å². The average molecular weight is 372 g/mol. The number of hydrazine groups is 1. The zero-order valence-electron chi connectivity index (χ0n) is 15.3. The number of benzene rings is 1. The van der Waals surface area contributed by atoms with Crippen LogP contribution in [0.3, 0.4) is 0 Å². The lowest BCUT2D eigenvalue weighted by molar-refractivity contribution is -0.154. The summed E-state index contributed by atoms with van der Waals surface area (Å²) in [5, 5.41) is 19.0. The molecule has 0 radical (unpaired) electrons. The lowest BCUT2D eigenvalue weighted by atomic mass is 9.92. The highest BCUT2D eigenvalue weighted by molar-refractivity contribution is 5.93. The molecule has 1 atom stereocenters. The van der Waals surface area contributed by atoms with Crippen molar-refractivity contribution in [3.05, 3.63) is 23.8 Å². The highest BCUT2D eigenvalue weighted by Gasteiger charge is 2.31. The first-order valence-corrected chi connectivity index (χ1v) is 9.09. The number of anilines is 1. The molecule has 144 valence electrons. The number of hydroxylamine groups is 2. The van der Waals surface area contributed by atoms with Crippen LogP contribution in [-0.2, 0) is 9.59 Å². The van der Waals surface area contributed by atoms with Gasteiger partial charge in [-0.15, -0.1) is 10.2 Å². The molecular formula is C18H24N6O3. The monoisotopic (exact) mass is 372 g/mol. The van der Waals surface area contributed by atoms with Gasteiger partial charge in [0.1, 0.15) is 5.52 Å². The summed E-state index contributed by atoms with van der Waals surface area (Å²) in [6, 6.07) is 5.53. The average Bonchev–Trinajstić information content (AvgIpc) is 3.19. The van der Waals surface area contributed by atoms with Crippen LogP contribution in [0, 0.1) is 18.8 Å². The van der Waals surface area contributed by atoms with Crippen LogP contribution >= 0.6 is 0 Å². The Bertz CT molecular complexity index is 824. The van der Waals surface area contributed by atoms with E-state index in [4.69, 9.17) is 5.84 Å². The molecule has 1 aromatic heterocycles. The summed E-state index contributed by atoms with van der Waals surface area (Å²) in [7, 11) is 0. The van der Waals surface area contributed by atoms with Crippen LogP contribution in [0.5, 0.6) is 0 Å². The number of aryl methyl sites for hydroxylation is 1. The minimum atomic E-state index is -0.635. The Morgan fingerprint density at radius 3 is 2.81 bits per heavy atom. The van der Waals surface area contributed by atoms with Gasteiger partial charge in [-0.1, -0.05) is 37.8 Å². The second kappa shape index (κ2) is 8.36. The van der Waals surface area contributed by atoms with E-state index in [0.29, 0.717) is 28.4 Å². The van der Waals surface area contributed by atoms with E-state index in [1.165, 1.54) is 0 Å². The number of amides is 2. The smallest absolute Gasteiger partial charge is 0.267 e. The Morgan fingerprint density at radius 2 is 2.11 bits per heavy atom. The SMILES string of the molecule is Cc1cccc2nnc(N(N)C(=O)[C@H](CC3CCCC3)CN(O)C=O)nc12. The van der Waals surface area contributed by atoms with Crippen LogP contribution in [0.1, 0.15) is 37.7 Å². The maximum atomic E-state index is 12.9. The Balaban J connectivity index is 1.82. The first-order chi connectivity index (χ1) is 13.0. The fourth-order valence-corrected chi connectivity index (χ4v) is 3.66. The van der Waals surface area contributed by atoms with Crippen molar-refractivity contribution in [2.45, 2.75) is 39.0 Å². The molecule has 3 N–H and O–H groups in total. The number of aromatic nitrogens is 3. The molecule has 0 unspecified atom stereocenters. The molecular weight excluding hydrogens is 348 g/mol. The zero-order chi connectivity index (χ0) is 19.4. The van der Waals surface area contributed by atoms with E-state index in [0.717, 1.165) is 36.3 Å². The summed E-state index contributed by atoms with van der Waals surface area (Å²) in [6.45, 7) is 1.77. The van der Waals surface area contributed by atoms with Gasteiger partial charge in [-0.3, -0.25) is 14.8 Å². The van der Waals surface area contributed by atoms with Crippen molar-refractivity contribution >= 4 is 29.3 Å². The molecule has 0 saturated heterocycles. The molecule has 1 aromatic carbocycles. The molecule has 1 heterocycles. The molecule has 1 fully saturated rings. The third-order valence-electron chi connectivity index (χ3n) is 5.10. The number of nitrogens with zero attached hydrogens (tertiary/aromatic N) is 5. The fraction of sp³-hybridized carbons (Fsp3) is 0.500. The van der Waals surface area contributed by atoms with Crippen LogP contribution in [0.2, 0.25) is 0 Å². The van der Waals surface area contributed by atoms with Crippen molar-refractivity contribution in [3.63, 3.8) is 0 Å². The predicted octanol–water partition coefficient (Wildman–Crippen LogP) is 1.58. The standard InChI is InChI=1S/C18H24N6O3/c1-12-5-4-8-15-16(12)20-18(22-21-15)24(19)17(26)14(10-23(27)11-25)9-13-6-2-3-7-13/h4-5,8,11,13-14,27H,2-3,6-7,9-10,19H2,1H3/t14-/m1/s1. The van der Waals surface area contributed by atoms with E-state index in [1.807, 2.05) is 19.1 Å². The Labute approximate surface area is 157 Å². The first kappa shape index (κ1) is 19.1.